The van der Waals surface area contributed by atoms with Gasteiger partial charge < -0.3 is 15.1 Å². The van der Waals surface area contributed by atoms with Gasteiger partial charge in [-0.3, -0.25) is 9.59 Å². The van der Waals surface area contributed by atoms with Gasteiger partial charge in [0, 0.05) is 18.0 Å². The van der Waals surface area contributed by atoms with Crippen LogP contribution in [0.2, 0.25) is 0 Å². The lowest BCUT2D eigenvalue weighted by Crippen LogP contribution is -2.55. The number of rotatable bonds is 11. The summed E-state index contributed by atoms with van der Waals surface area (Å²) >= 11 is 0. The van der Waals surface area contributed by atoms with E-state index in [-0.39, 0.29) is 35.8 Å². The molecule has 0 radical (unpaired) electrons. The Morgan fingerprint density at radius 3 is 2.20 bits per heavy atom. The topological polar surface area (TPSA) is 118 Å². The van der Waals surface area contributed by atoms with Crippen molar-refractivity contribution in [3.8, 4) is 0 Å². The van der Waals surface area contributed by atoms with E-state index in [4.69, 9.17) is 4.42 Å². The van der Waals surface area contributed by atoms with E-state index >= 15 is 0 Å². The molecule has 2 atom stereocenters. The third kappa shape index (κ3) is 7.40. The average Bonchev–Trinajstić information content (AvgIpc) is 3.24. The molecule has 9 heteroatoms. The van der Waals surface area contributed by atoms with Crippen molar-refractivity contribution in [3.63, 3.8) is 0 Å². The average molecular weight is 500 g/mol. The zero-order valence-corrected chi connectivity index (χ0v) is 21.3. The zero-order chi connectivity index (χ0) is 25.6. The first-order chi connectivity index (χ1) is 16.6. The maximum Gasteiger partial charge on any atom is 0.287 e. The molecule has 0 saturated carbocycles. The molecule has 0 fully saturated rings. The van der Waals surface area contributed by atoms with Gasteiger partial charge >= 0.3 is 0 Å². The van der Waals surface area contributed by atoms with E-state index in [2.05, 4.69) is 15.4 Å². The predicted molar refractivity (Wildman–Crippen MR) is 136 cm³/mol. The van der Waals surface area contributed by atoms with E-state index in [1.54, 1.807) is 50.2 Å². The summed E-state index contributed by atoms with van der Waals surface area (Å²) in [6, 6.07) is 16.5. The van der Waals surface area contributed by atoms with Crippen molar-refractivity contribution in [3.05, 3.63) is 72.0 Å². The molecular weight excluding hydrogens is 466 g/mol. The smallest absolute Gasteiger partial charge is 0.287 e. The van der Waals surface area contributed by atoms with Crippen molar-refractivity contribution in [1.29, 1.82) is 0 Å². The first kappa shape index (κ1) is 26.4. The molecule has 0 unspecified atom stereocenters. The predicted octanol–water partition coefficient (Wildman–Crippen LogP) is 3.45. The molecule has 0 spiro atoms. The largest absolute Gasteiger partial charge is 0.451 e. The molecule has 1 heterocycles. The Bertz CT molecular complexity index is 1220. The Kier molecular flexibility index (Phi) is 8.69. The third-order valence-electron chi connectivity index (χ3n) is 5.72. The lowest BCUT2D eigenvalue weighted by atomic mass is 10.0. The van der Waals surface area contributed by atoms with Crippen LogP contribution < -0.4 is 15.4 Å². The molecule has 3 rings (SSSR count). The van der Waals surface area contributed by atoms with Crippen LogP contribution in [0.5, 0.6) is 0 Å². The molecule has 1 aromatic heterocycles. The summed E-state index contributed by atoms with van der Waals surface area (Å²) < 4.78 is 33.6. The number of hydrogen-bond acceptors (Lipinski definition) is 5. The number of hydrogen-bond donors (Lipinski definition) is 3. The number of sulfonamides is 1. The van der Waals surface area contributed by atoms with E-state index in [0.29, 0.717) is 11.1 Å². The summed E-state index contributed by atoms with van der Waals surface area (Å²) in [6.45, 7) is 7.57. The van der Waals surface area contributed by atoms with Crippen molar-refractivity contribution in [2.45, 2.75) is 45.5 Å². The van der Waals surface area contributed by atoms with Gasteiger partial charge in [0.1, 0.15) is 11.6 Å². The van der Waals surface area contributed by atoms with E-state index in [1.165, 1.54) is 0 Å². The lowest BCUT2D eigenvalue weighted by Gasteiger charge is -2.27. The summed E-state index contributed by atoms with van der Waals surface area (Å²) in [5.74, 6) is -1.14. The first-order valence-electron chi connectivity index (χ1n) is 11.7. The number of nitrogens with one attached hydrogen (secondary N) is 3. The standard InChI is InChI=1S/C26H33N3O5S/c1-17(2)21(15-27-25(30)23-14-20-12-8-9-13-22(20)34-23)28-26(31)24(18(3)4)29-35(32,33)16-19-10-6-5-7-11-19/h5-14,17-18,21,24,29H,15-16H2,1-4H3,(H,27,30)(H,28,31)/t21-,24+/m1/s1. The minimum atomic E-state index is -3.75. The number of carbonyl (C=O) groups excluding carboxylic acids is 2. The minimum Gasteiger partial charge on any atom is -0.451 e. The van der Waals surface area contributed by atoms with Crippen LogP contribution in [0.25, 0.3) is 11.0 Å². The SMILES string of the molecule is CC(C)[C@H](NS(=O)(=O)Cc1ccccc1)C(=O)N[C@H](CNC(=O)c1cc2ccccc2o1)C(C)C. The number of para-hydroxylation sites is 1. The fourth-order valence-corrected chi connectivity index (χ4v) is 5.11. The highest BCUT2D eigenvalue weighted by atomic mass is 32.2. The highest BCUT2D eigenvalue weighted by molar-refractivity contribution is 7.88. The van der Waals surface area contributed by atoms with Gasteiger partial charge in [-0.15, -0.1) is 0 Å². The van der Waals surface area contributed by atoms with Gasteiger partial charge in [-0.1, -0.05) is 76.2 Å². The number of furan rings is 1. The van der Waals surface area contributed by atoms with Gasteiger partial charge in [0.15, 0.2) is 5.76 Å². The van der Waals surface area contributed by atoms with Gasteiger partial charge in [-0.2, -0.15) is 0 Å². The third-order valence-corrected chi connectivity index (χ3v) is 7.05. The normalized spacial score (nSPS) is 13.7. The highest BCUT2D eigenvalue weighted by Gasteiger charge is 2.30. The van der Waals surface area contributed by atoms with Crippen LogP contribution in [0, 0.1) is 11.8 Å². The zero-order valence-electron chi connectivity index (χ0n) is 20.4. The fourth-order valence-electron chi connectivity index (χ4n) is 3.63. The van der Waals surface area contributed by atoms with Gasteiger partial charge in [-0.25, -0.2) is 13.1 Å². The van der Waals surface area contributed by atoms with Crippen LogP contribution >= 0.6 is 0 Å². The van der Waals surface area contributed by atoms with Gasteiger partial charge in [-0.05, 0) is 29.5 Å². The Balaban J connectivity index is 1.63. The van der Waals surface area contributed by atoms with Crippen LogP contribution in [0.3, 0.4) is 0 Å². The van der Waals surface area contributed by atoms with E-state index in [9.17, 15) is 18.0 Å². The molecular formula is C26H33N3O5S. The summed E-state index contributed by atoms with van der Waals surface area (Å²) in [6.07, 6.45) is 0. The molecule has 3 N–H and O–H groups in total. The van der Waals surface area contributed by atoms with E-state index in [1.807, 2.05) is 38.1 Å². The number of amides is 2. The van der Waals surface area contributed by atoms with Gasteiger partial charge in [0.05, 0.1) is 5.75 Å². The van der Waals surface area contributed by atoms with Crippen LogP contribution in [0.1, 0.15) is 43.8 Å². The maximum atomic E-state index is 13.1. The molecule has 0 aliphatic heterocycles. The fraction of sp³-hybridized carbons (Fsp3) is 0.385. The van der Waals surface area contributed by atoms with Crippen molar-refractivity contribution in [1.82, 2.24) is 15.4 Å². The van der Waals surface area contributed by atoms with Crippen molar-refractivity contribution in [2.24, 2.45) is 11.8 Å². The van der Waals surface area contributed by atoms with Crippen LogP contribution in [0.15, 0.2) is 65.1 Å². The molecule has 2 amide bonds. The first-order valence-corrected chi connectivity index (χ1v) is 13.3. The van der Waals surface area contributed by atoms with Crippen molar-refractivity contribution in [2.75, 3.05) is 6.54 Å². The summed E-state index contributed by atoms with van der Waals surface area (Å²) in [5, 5.41) is 6.54. The number of benzene rings is 2. The summed E-state index contributed by atoms with van der Waals surface area (Å²) in [4.78, 5) is 25.7. The van der Waals surface area contributed by atoms with Crippen molar-refractivity contribution >= 4 is 32.8 Å². The highest BCUT2D eigenvalue weighted by Crippen LogP contribution is 2.18. The molecule has 0 aliphatic rings. The monoisotopic (exact) mass is 499 g/mol. The molecule has 3 aromatic rings. The molecule has 0 bridgehead atoms. The summed E-state index contributed by atoms with van der Waals surface area (Å²) in [5.41, 5.74) is 1.25. The van der Waals surface area contributed by atoms with E-state index in [0.717, 1.165) is 5.39 Å². The quantitative estimate of drug-likeness (QED) is 0.374. The van der Waals surface area contributed by atoms with Crippen molar-refractivity contribution < 1.29 is 22.4 Å². The maximum absolute atomic E-state index is 13.1. The lowest BCUT2D eigenvalue weighted by molar-refractivity contribution is -0.124. The van der Waals surface area contributed by atoms with Crippen LogP contribution in [0.4, 0.5) is 0 Å². The number of carbonyl (C=O) groups is 2. The van der Waals surface area contributed by atoms with Crippen LogP contribution in [-0.4, -0.2) is 38.9 Å². The Morgan fingerprint density at radius 1 is 0.914 bits per heavy atom. The second kappa shape index (κ2) is 11.5. The molecule has 8 nitrogen and oxygen atoms in total. The Labute approximate surface area is 206 Å². The van der Waals surface area contributed by atoms with Crippen LogP contribution in [-0.2, 0) is 20.6 Å². The molecule has 0 saturated heterocycles. The minimum absolute atomic E-state index is 0.0105. The van der Waals surface area contributed by atoms with Gasteiger partial charge in [0.2, 0.25) is 15.9 Å². The molecule has 0 aliphatic carbocycles. The molecule has 35 heavy (non-hydrogen) atoms. The number of fused-ring (bicyclic) bond motifs is 1. The molecule has 2 aromatic carbocycles. The van der Waals surface area contributed by atoms with Gasteiger partial charge in [0.25, 0.3) is 5.91 Å². The second-order valence-electron chi connectivity index (χ2n) is 9.30. The Hall–Kier alpha value is -3.17. The summed E-state index contributed by atoms with van der Waals surface area (Å²) in [7, 11) is -3.75. The Morgan fingerprint density at radius 2 is 1.57 bits per heavy atom. The molecule has 188 valence electrons. The van der Waals surface area contributed by atoms with E-state index < -0.39 is 28.0 Å². The second-order valence-corrected chi connectivity index (χ2v) is 11.1.